The highest BCUT2D eigenvalue weighted by Crippen LogP contribution is 2.18. The lowest BCUT2D eigenvalue weighted by Crippen LogP contribution is -2.58. The fourth-order valence-electron chi connectivity index (χ4n) is 1.33. The number of esters is 1. The lowest BCUT2D eigenvalue weighted by molar-refractivity contribution is -0.157. The second-order valence-electron chi connectivity index (χ2n) is 3.36. The summed E-state index contributed by atoms with van der Waals surface area (Å²) in [4.78, 5) is 11.2. The van der Waals surface area contributed by atoms with E-state index in [4.69, 9.17) is 4.74 Å². The van der Waals surface area contributed by atoms with Crippen molar-refractivity contribution in [3.63, 3.8) is 0 Å². The summed E-state index contributed by atoms with van der Waals surface area (Å²) < 4.78 is 10.1. The van der Waals surface area contributed by atoms with Crippen LogP contribution in [-0.2, 0) is 14.3 Å². The fourth-order valence-corrected chi connectivity index (χ4v) is 1.33. The quantitative estimate of drug-likeness (QED) is 0.634. The summed E-state index contributed by atoms with van der Waals surface area (Å²) >= 11 is 0. The Bertz CT molecular complexity index is 184. The minimum Gasteiger partial charge on any atom is -0.468 e. The number of methoxy groups -OCH3 is 1. The molecule has 4 nitrogen and oxygen atoms in total. The van der Waals surface area contributed by atoms with Gasteiger partial charge in [-0.1, -0.05) is 0 Å². The van der Waals surface area contributed by atoms with Crippen molar-refractivity contribution in [2.24, 2.45) is 0 Å². The molecule has 1 heterocycles. The molecule has 0 aromatic carbocycles. The number of morpholine rings is 1. The van der Waals surface area contributed by atoms with Crippen molar-refractivity contribution >= 4 is 18.4 Å². The molecule has 0 amide bonds. The van der Waals surface area contributed by atoms with Crippen LogP contribution in [0.3, 0.4) is 0 Å². The van der Waals surface area contributed by atoms with Crippen LogP contribution in [-0.4, -0.2) is 37.9 Å². The third-order valence-electron chi connectivity index (χ3n) is 2.06. The summed E-state index contributed by atoms with van der Waals surface area (Å²) in [6, 6.07) is -0.351. The van der Waals surface area contributed by atoms with Gasteiger partial charge in [-0.05, 0) is 13.8 Å². The van der Waals surface area contributed by atoms with E-state index >= 15 is 0 Å². The first-order valence-electron chi connectivity index (χ1n) is 4.03. The van der Waals surface area contributed by atoms with E-state index in [0.717, 1.165) is 0 Å². The van der Waals surface area contributed by atoms with Crippen LogP contribution in [0, 0.1) is 0 Å². The molecule has 1 fully saturated rings. The number of carbonyl (C=O) groups is 1. The van der Waals surface area contributed by atoms with E-state index < -0.39 is 5.60 Å². The number of nitrogens with one attached hydrogen (secondary N) is 1. The number of halogens is 1. The topological polar surface area (TPSA) is 47.6 Å². The number of ether oxygens (including phenoxy) is 2. The van der Waals surface area contributed by atoms with Crippen LogP contribution < -0.4 is 5.32 Å². The second kappa shape index (κ2) is 4.79. The third-order valence-corrected chi connectivity index (χ3v) is 2.06. The zero-order chi connectivity index (χ0) is 9.19. The van der Waals surface area contributed by atoms with E-state index in [1.807, 2.05) is 13.8 Å². The van der Waals surface area contributed by atoms with Crippen molar-refractivity contribution in [3.05, 3.63) is 0 Å². The van der Waals surface area contributed by atoms with Gasteiger partial charge in [0.2, 0.25) is 0 Å². The minimum absolute atomic E-state index is 0. The molecular weight excluding hydrogens is 194 g/mol. The second-order valence-corrected chi connectivity index (χ2v) is 3.36. The number of rotatable bonds is 1. The summed E-state index contributed by atoms with van der Waals surface area (Å²) in [5.74, 6) is -0.264. The molecule has 0 aromatic heterocycles. The van der Waals surface area contributed by atoms with Crippen LogP contribution in [0.1, 0.15) is 13.8 Å². The zero-order valence-corrected chi connectivity index (χ0v) is 8.94. The highest BCUT2D eigenvalue weighted by molar-refractivity contribution is 5.85. The molecule has 1 atom stereocenters. The maximum absolute atomic E-state index is 11.2. The van der Waals surface area contributed by atoms with Crippen molar-refractivity contribution < 1.29 is 14.3 Å². The van der Waals surface area contributed by atoms with Gasteiger partial charge in [0.15, 0.2) is 0 Å². The summed E-state index contributed by atoms with van der Waals surface area (Å²) in [5.41, 5.74) is -0.467. The first-order chi connectivity index (χ1) is 5.58. The van der Waals surface area contributed by atoms with Gasteiger partial charge in [0.05, 0.1) is 19.3 Å². The Balaban J connectivity index is 0.00000144. The normalized spacial score (nSPS) is 25.9. The Morgan fingerprint density at radius 2 is 2.23 bits per heavy atom. The van der Waals surface area contributed by atoms with Gasteiger partial charge in [-0.25, -0.2) is 0 Å². The molecule has 0 aliphatic carbocycles. The molecule has 1 N–H and O–H groups in total. The highest BCUT2D eigenvalue weighted by Gasteiger charge is 2.39. The minimum atomic E-state index is -0.467. The maximum Gasteiger partial charge on any atom is 0.325 e. The van der Waals surface area contributed by atoms with E-state index in [1.165, 1.54) is 7.11 Å². The lowest BCUT2D eigenvalue weighted by atomic mass is 9.97. The van der Waals surface area contributed by atoms with Gasteiger partial charge in [0, 0.05) is 6.54 Å². The Morgan fingerprint density at radius 1 is 1.62 bits per heavy atom. The van der Waals surface area contributed by atoms with Crippen LogP contribution in [0.25, 0.3) is 0 Å². The van der Waals surface area contributed by atoms with Crippen molar-refractivity contribution in [2.45, 2.75) is 25.5 Å². The van der Waals surface area contributed by atoms with Crippen LogP contribution >= 0.6 is 12.4 Å². The number of hydrogen-bond acceptors (Lipinski definition) is 4. The molecule has 1 aliphatic rings. The molecule has 13 heavy (non-hydrogen) atoms. The molecule has 5 heteroatoms. The Hall–Kier alpha value is -0.320. The largest absolute Gasteiger partial charge is 0.468 e. The standard InChI is InChI=1S/C8H15NO3.ClH/c1-8(2)6(7(10)11-3)9-4-5-12-8;/h6,9H,4-5H2,1-3H3;1H/t6-;/m1./s1. The highest BCUT2D eigenvalue weighted by atomic mass is 35.5. The van der Waals surface area contributed by atoms with Gasteiger partial charge in [-0.3, -0.25) is 10.1 Å². The summed E-state index contributed by atoms with van der Waals surface area (Å²) in [7, 11) is 1.38. The van der Waals surface area contributed by atoms with Crippen LogP contribution in [0.5, 0.6) is 0 Å². The molecule has 0 bridgehead atoms. The lowest BCUT2D eigenvalue weighted by Gasteiger charge is -2.37. The first kappa shape index (κ1) is 12.7. The number of hydrogen-bond donors (Lipinski definition) is 1. The van der Waals surface area contributed by atoms with Gasteiger partial charge in [-0.2, -0.15) is 0 Å². The average molecular weight is 210 g/mol. The first-order valence-corrected chi connectivity index (χ1v) is 4.03. The molecule has 1 saturated heterocycles. The molecular formula is C8H16ClNO3. The van der Waals surface area contributed by atoms with Crippen LogP contribution in [0.2, 0.25) is 0 Å². The molecule has 0 unspecified atom stereocenters. The predicted octanol–water partition coefficient (Wildman–Crippen LogP) is 0.348. The van der Waals surface area contributed by atoms with Crippen molar-refractivity contribution in [1.82, 2.24) is 5.32 Å². The monoisotopic (exact) mass is 209 g/mol. The molecule has 0 spiro atoms. The van der Waals surface area contributed by atoms with E-state index in [0.29, 0.717) is 13.2 Å². The molecule has 0 radical (unpaired) electrons. The molecule has 0 aromatic rings. The number of carbonyl (C=O) groups excluding carboxylic acids is 1. The van der Waals surface area contributed by atoms with E-state index in [9.17, 15) is 4.79 Å². The van der Waals surface area contributed by atoms with Crippen molar-refractivity contribution in [1.29, 1.82) is 0 Å². The molecule has 1 aliphatic heterocycles. The third kappa shape index (κ3) is 2.83. The van der Waals surface area contributed by atoms with E-state index in [1.54, 1.807) is 0 Å². The van der Waals surface area contributed by atoms with Gasteiger partial charge in [-0.15, -0.1) is 12.4 Å². The Kier molecular flexibility index (Phi) is 4.67. The van der Waals surface area contributed by atoms with E-state index in [-0.39, 0.29) is 24.4 Å². The van der Waals surface area contributed by atoms with Gasteiger partial charge < -0.3 is 9.47 Å². The van der Waals surface area contributed by atoms with Crippen LogP contribution in [0.4, 0.5) is 0 Å². The summed E-state index contributed by atoms with van der Waals surface area (Å²) in [6.07, 6.45) is 0. The molecule has 1 rings (SSSR count). The molecule has 0 saturated carbocycles. The fraction of sp³-hybridized carbons (Fsp3) is 0.875. The summed E-state index contributed by atoms with van der Waals surface area (Å²) in [5, 5.41) is 3.06. The molecule has 78 valence electrons. The maximum atomic E-state index is 11.2. The van der Waals surface area contributed by atoms with Crippen LogP contribution in [0.15, 0.2) is 0 Å². The Labute approximate surface area is 84.4 Å². The van der Waals surface area contributed by atoms with Gasteiger partial charge >= 0.3 is 5.97 Å². The van der Waals surface area contributed by atoms with Gasteiger partial charge in [0.1, 0.15) is 6.04 Å². The van der Waals surface area contributed by atoms with Gasteiger partial charge in [0.25, 0.3) is 0 Å². The van der Waals surface area contributed by atoms with Crippen molar-refractivity contribution in [2.75, 3.05) is 20.3 Å². The Morgan fingerprint density at radius 3 is 2.69 bits per heavy atom. The smallest absolute Gasteiger partial charge is 0.325 e. The predicted molar refractivity (Wildman–Crippen MR) is 51.1 cm³/mol. The summed E-state index contributed by atoms with van der Waals surface area (Å²) in [6.45, 7) is 5.09. The average Bonchev–Trinajstić information content (AvgIpc) is 2.02. The zero-order valence-electron chi connectivity index (χ0n) is 8.12. The van der Waals surface area contributed by atoms with Crippen molar-refractivity contribution in [3.8, 4) is 0 Å². The van der Waals surface area contributed by atoms with E-state index in [2.05, 4.69) is 10.1 Å². The SMILES string of the molecule is COC(=O)[C@H]1NCCOC1(C)C.Cl.